The number of halogens is 3. The van der Waals surface area contributed by atoms with Crippen molar-refractivity contribution in [1.29, 1.82) is 0 Å². The Morgan fingerprint density at radius 1 is 1.35 bits per heavy atom. The zero-order chi connectivity index (χ0) is 19.0. The van der Waals surface area contributed by atoms with Crippen LogP contribution in [-0.2, 0) is 17.6 Å². The minimum absolute atomic E-state index is 0.0249. The number of carbonyl (C=O) groups excluding carboxylic acids is 2. The average molecular weight is 380 g/mol. The molecule has 8 heteroatoms. The van der Waals surface area contributed by atoms with Crippen LogP contribution in [0.2, 0.25) is 5.02 Å². The van der Waals surface area contributed by atoms with Gasteiger partial charge in [-0.2, -0.15) is 0 Å². The van der Waals surface area contributed by atoms with E-state index in [9.17, 15) is 18.4 Å². The van der Waals surface area contributed by atoms with Crippen molar-refractivity contribution in [3.8, 4) is 0 Å². The van der Waals surface area contributed by atoms with Crippen LogP contribution >= 0.6 is 11.6 Å². The minimum Gasteiger partial charge on any atom is -0.352 e. The summed E-state index contributed by atoms with van der Waals surface area (Å²) in [6.45, 7) is 0. The number of hydrogen-bond acceptors (Lipinski definition) is 2. The molecule has 3 rings (SSSR count). The number of carbonyl (C=O) groups is 2. The second-order valence-corrected chi connectivity index (χ2v) is 6.52. The number of amides is 3. The molecule has 2 aromatic rings. The fourth-order valence-corrected chi connectivity index (χ4v) is 3.40. The molecule has 5 nitrogen and oxygen atoms in total. The van der Waals surface area contributed by atoms with Gasteiger partial charge in [-0.05, 0) is 35.4 Å². The molecule has 0 spiro atoms. The topological polar surface area (TPSA) is 75.4 Å². The van der Waals surface area contributed by atoms with E-state index in [1.54, 1.807) is 6.07 Å². The van der Waals surface area contributed by atoms with Crippen molar-refractivity contribution in [3.63, 3.8) is 0 Å². The van der Waals surface area contributed by atoms with Gasteiger partial charge in [0.15, 0.2) is 0 Å². The van der Waals surface area contributed by atoms with E-state index >= 15 is 0 Å². The van der Waals surface area contributed by atoms with Gasteiger partial charge in [-0.25, -0.2) is 13.6 Å². The van der Waals surface area contributed by atoms with Crippen molar-refractivity contribution < 1.29 is 18.4 Å². The molecule has 1 aliphatic rings. The molecule has 1 atom stereocenters. The van der Waals surface area contributed by atoms with E-state index in [1.165, 1.54) is 36.2 Å². The molecule has 0 radical (unpaired) electrons. The normalized spacial score (nSPS) is 16.4. The van der Waals surface area contributed by atoms with Crippen molar-refractivity contribution >= 4 is 29.2 Å². The third-order valence-electron chi connectivity index (χ3n) is 4.39. The van der Waals surface area contributed by atoms with Gasteiger partial charge in [-0.1, -0.05) is 17.7 Å². The number of nitrogens with two attached hydrogens (primary N) is 1. The molecule has 0 unspecified atom stereocenters. The van der Waals surface area contributed by atoms with E-state index in [1.807, 2.05) is 0 Å². The molecule has 0 fully saturated rings. The third kappa shape index (κ3) is 3.35. The highest BCUT2D eigenvalue weighted by atomic mass is 35.5. The van der Waals surface area contributed by atoms with Crippen LogP contribution in [0.25, 0.3) is 0 Å². The maximum Gasteiger partial charge on any atom is 0.312 e. The molecule has 26 heavy (non-hydrogen) atoms. The lowest BCUT2D eigenvalue weighted by molar-refractivity contribution is -0.120. The fraction of sp³-hybridized carbons (Fsp3) is 0.222. The molecule has 0 aliphatic carbocycles. The van der Waals surface area contributed by atoms with Crippen molar-refractivity contribution in [2.24, 2.45) is 5.73 Å². The first-order valence-electron chi connectivity index (χ1n) is 7.85. The first kappa shape index (κ1) is 18.1. The Bertz CT molecular complexity index is 904. The molecule has 0 saturated heterocycles. The molecule has 3 N–H and O–H groups in total. The van der Waals surface area contributed by atoms with Crippen LogP contribution in [0.5, 0.6) is 0 Å². The molecular weight excluding hydrogens is 364 g/mol. The van der Waals surface area contributed by atoms with Gasteiger partial charge < -0.3 is 16.0 Å². The number of benzene rings is 2. The fourth-order valence-electron chi connectivity index (χ4n) is 3.22. The Balaban J connectivity index is 2.05. The number of fused-ring (bicyclic) bond motifs is 1. The predicted molar refractivity (Wildman–Crippen MR) is 94.2 cm³/mol. The van der Waals surface area contributed by atoms with Gasteiger partial charge in [-0.3, -0.25) is 4.79 Å². The lowest BCUT2D eigenvalue weighted by Crippen LogP contribution is -2.53. The predicted octanol–water partition coefficient (Wildman–Crippen LogP) is 2.76. The van der Waals surface area contributed by atoms with Crippen molar-refractivity contribution in [1.82, 2.24) is 5.32 Å². The van der Waals surface area contributed by atoms with Gasteiger partial charge in [0.2, 0.25) is 5.91 Å². The summed E-state index contributed by atoms with van der Waals surface area (Å²) < 4.78 is 28.1. The molecular formula is C18H16ClF2N3O2. The summed E-state index contributed by atoms with van der Waals surface area (Å²) in [6, 6.07) is 5.07. The van der Waals surface area contributed by atoms with E-state index < -0.39 is 29.6 Å². The Labute approximate surface area is 153 Å². The SMILES string of the molecule is CN1C(=O)[C@H](NC(N)=O)Cc2ccc(F)c(Cc3cc(F)ccc3Cl)c21. The number of anilines is 1. The van der Waals surface area contributed by atoms with Crippen molar-refractivity contribution in [2.75, 3.05) is 11.9 Å². The lowest BCUT2D eigenvalue weighted by Gasteiger charge is -2.33. The molecule has 0 bridgehead atoms. The van der Waals surface area contributed by atoms with Crippen LogP contribution in [0.15, 0.2) is 30.3 Å². The molecule has 0 saturated carbocycles. The third-order valence-corrected chi connectivity index (χ3v) is 4.76. The summed E-state index contributed by atoms with van der Waals surface area (Å²) in [6.07, 6.45) is 0.211. The maximum absolute atomic E-state index is 14.5. The van der Waals surface area contributed by atoms with E-state index in [0.717, 1.165) is 0 Å². The number of likely N-dealkylation sites (N-methyl/N-ethyl adjacent to an activating group) is 1. The number of nitrogens with one attached hydrogen (secondary N) is 1. The smallest absolute Gasteiger partial charge is 0.312 e. The highest BCUT2D eigenvalue weighted by molar-refractivity contribution is 6.31. The molecule has 2 aromatic carbocycles. The first-order chi connectivity index (χ1) is 12.3. The Morgan fingerprint density at radius 2 is 2.08 bits per heavy atom. The Kier molecular flexibility index (Phi) is 4.82. The molecule has 1 aliphatic heterocycles. The number of rotatable bonds is 3. The van der Waals surface area contributed by atoms with Crippen molar-refractivity contribution in [3.05, 3.63) is 63.7 Å². The van der Waals surface area contributed by atoms with Crippen LogP contribution in [0, 0.1) is 11.6 Å². The largest absolute Gasteiger partial charge is 0.352 e. The number of urea groups is 1. The van der Waals surface area contributed by atoms with Crippen LogP contribution < -0.4 is 16.0 Å². The Morgan fingerprint density at radius 3 is 2.77 bits per heavy atom. The van der Waals surface area contributed by atoms with E-state index in [2.05, 4.69) is 5.32 Å². The zero-order valence-electron chi connectivity index (χ0n) is 13.9. The van der Waals surface area contributed by atoms with Crippen LogP contribution in [0.1, 0.15) is 16.7 Å². The van der Waals surface area contributed by atoms with E-state index in [0.29, 0.717) is 21.8 Å². The summed E-state index contributed by atoms with van der Waals surface area (Å²) in [5, 5.41) is 2.69. The average Bonchev–Trinajstić information content (AvgIpc) is 2.57. The quantitative estimate of drug-likeness (QED) is 0.860. The lowest BCUT2D eigenvalue weighted by atomic mass is 9.91. The molecule has 0 aromatic heterocycles. The van der Waals surface area contributed by atoms with Crippen LogP contribution in [0.3, 0.4) is 0 Å². The zero-order valence-corrected chi connectivity index (χ0v) is 14.6. The summed E-state index contributed by atoms with van der Waals surface area (Å²) in [5.41, 5.74) is 6.84. The maximum atomic E-state index is 14.5. The van der Waals surface area contributed by atoms with Crippen LogP contribution in [-0.4, -0.2) is 25.0 Å². The molecule has 1 heterocycles. The highest BCUT2D eigenvalue weighted by Crippen LogP contribution is 2.35. The van der Waals surface area contributed by atoms with E-state index in [4.69, 9.17) is 17.3 Å². The number of primary amides is 1. The number of nitrogens with zero attached hydrogens (tertiary/aromatic N) is 1. The Hall–Kier alpha value is -2.67. The second-order valence-electron chi connectivity index (χ2n) is 6.11. The van der Waals surface area contributed by atoms with Crippen molar-refractivity contribution in [2.45, 2.75) is 18.9 Å². The van der Waals surface area contributed by atoms with Crippen LogP contribution in [0.4, 0.5) is 19.3 Å². The second kappa shape index (κ2) is 6.92. The van der Waals surface area contributed by atoms with Gasteiger partial charge in [0.25, 0.3) is 0 Å². The van der Waals surface area contributed by atoms with E-state index in [-0.39, 0.29) is 18.4 Å². The highest BCUT2D eigenvalue weighted by Gasteiger charge is 2.34. The minimum atomic E-state index is -0.818. The number of hydrogen-bond donors (Lipinski definition) is 2. The standard InChI is InChI=1S/C18H16ClF2N3O2/c1-24-16-9(8-15(17(24)25)23-18(22)26)2-5-14(21)12(16)7-10-6-11(20)3-4-13(10)19/h2-6,15H,7-8H2,1H3,(H3,22,23,26)/t15-/m1/s1. The summed E-state index contributed by atoms with van der Waals surface area (Å²) in [5.74, 6) is -1.41. The van der Waals surface area contributed by atoms with Gasteiger partial charge >= 0.3 is 6.03 Å². The monoisotopic (exact) mass is 379 g/mol. The molecule has 136 valence electrons. The first-order valence-corrected chi connectivity index (χ1v) is 8.23. The van der Waals surface area contributed by atoms with Gasteiger partial charge in [0, 0.05) is 30.5 Å². The summed E-state index contributed by atoms with van der Waals surface area (Å²) >= 11 is 6.10. The van der Waals surface area contributed by atoms with Gasteiger partial charge in [0.05, 0.1) is 5.69 Å². The van der Waals surface area contributed by atoms with Gasteiger partial charge in [0.1, 0.15) is 17.7 Å². The summed E-state index contributed by atoms with van der Waals surface area (Å²) in [4.78, 5) is 24.9. The van der Waals surface area contributed by atoms with Gasteiger partial charge in [-0.15, -0.1) is 0 Å². The molecule has 3 amide bonds. The summed E-state index contributed by atoms with van der Waals surface area (Å²) in [7, 11) is 1.49.